The largest absolute Gasteiger partial charge is 0.369 e. The van der Waals surface area contributed by atoms with Crippen molar-refractivity contribution in [3.8, 4) is 6.07 Å². The Hall–Kier alpha value is -1.08. The van der Waals surface area contributed by atoms with Gasteiger partial charge in [-0.2, -0.15) is 5.26 Å². The van der Waals surface area contributed by atoms with Crippen LogP contribution in [0, 0.1) is 11.3 Å². The first-order valence-electron chi connectivity index (χ1n) is 4.30. The summed E-state index contributed by atoms with van der Waals surface area (Å²) in [5.74, 6) is -0.0797. The van der Waals surface area contributed by atoms with Gasteiger partial charge >= 0.3 is 0 Å². The second-order valence-electron chi connectivity index (χ2n) is 3.08. The highest BCUT2D eigenvalue weighted by Gasteiger charge is 2.08. The average Bonchev–Trinajstić information content (AvgIpc) is 2.10. The van der Waals surface area contributed by atoms with Crippen LogP contribution in [-0.4, -0.2) is 37.1 Å². The lowest BCUT2D eigenvalue weighted by Crippen LogP contribution is -2.31. The van der Waals surface area contributed by atoms with E-state index in [2.05, 4.69) is 0 Å². The SMILES string of the molecule is CC(C)OCC(=O)N(C)CCC#N. The lowest BCUT2D eigenvalue weighted by molar-refractivity contribution is -0.136. The number of carbonyl (C=O) groups is 1. The molecule has 0 unspecified atom stereocenters. The molecule has 13 heavy (non-hydrogen) atoms. The van der Waals surface area contributed by atoms with Crippen molar-refractivity contribution in [2.75, 3.05) is 20.2 Å². The molecule has 0 radical (unpaired) electrons. The highest BCUT2D eigenvalue weighted by molar-refractivity contribution is 5.77. The van der Waals surface area contributed by atoms with Gasteiger partial charge in [0.15, 0.2) is 0 Å². The Morgan fingerprint density at radius 1 is 1.62 bits per heavy atom. The van der Waals surface area contributed by atoms with Gasteiger partial charge in [0.25, 0.3) is 0 Å². The number of carbonyl (C=O) groups excluding carboxylic acids is 1. The maximum atomic E-state index is 11.2. The predicted molar refractivity (Wildman–Crippen MR) is 49.0 cm³/mol. The minimum Gasteiger partial charge on any atom is -0.369 e. The molecule has 0 spiro atoms. The van der Waals surface area contributed by atoms with Crippen molar-refractivity contribution in [2.24, 2.45) is 0 Å². The van der Waals surface area contributed by atoms with E-state index in [0.717, 1.165) is 0 Å². The molecular weight excluding hydrogens is 168 g/mol. The fourth-order valence-electron chi connectivity index (χ4n) is 0.691. The maximum Gasteiger partial charge on any atom is 0.248 e. The number of rotatable bonds is 5. The monoisotopic (exact) mass is 184 g/mol. The van der Waals surface area contributed by atoms with Crippen LogP contribution in [0.2, 0.25) is 0 Å². The van der Waals surface area contributed by atoms with E-state index < -0.39 is 0 Å². The third-order valence-corrected chi connectivity index (χ3v) is 1.52. The minimum atomic E-state index is -0.0797. The third-order valence-electron chi connectivity index (χ3n) is 1.52. The molecular formula is C9H16N2O2. The normalized spacial score (nSPS) is 9.77. The Balaban J connectivity index is 3.64. The number of nitrogens with zero attached hydrogens (tertiary/aromatic N) is 2. The molecule has 0 rings (SSSR count). The Labute approximate surface area is 79.1 Å². The lowest BCUT2D eigenvalue weighted by Gasteiger charge is -2.16. The zero-order chi connectivity index (χ0) is 10.3. The Morgan fingerprint density at radius 2 is 2.23 bits per heavy atom. The average molecular weight is 184 g/mol. The van der Waals surface area contributed by atoms with Crippen LogP contribution in [0.15, 0.2) is 0 Å². The van der Waals surface area contributed by atoms with Gasteiger partial charge in [-0.05, 0) is 13.8 Å². The molecule has 0 saturated carbocycles. The number of amides is 1. The van der Waals surface area contributed by atoms with Gasteiger partial charge in [-0.25, -0.2) is 0 Å². The molecule has 4 heteroatoms. The van der Waals surface area contributed by atoms with Crippen molar-refractivity contribution in [2.45, 2.75) is 26.4 Å². The van der Waals surface area contributed by atoms with E-state index in [1.807, 2.05) is 19.9 Å². The molecule has 74 valence electrons. The van der Waals surface area contributed by atoms with Crippen LogP contribution < -0.4 is 0 Å². The summed E-state index contributed by atoms with van der Waals surface area (Å²) in [6.45, 7) is 4.32. The van der Waals surface area contributed by atoms with E-state index in [-0.39, 0.29) is 18.6 Å². The van der Waals surface area contributed by atoms with Gasteiger partial charge in [-0.1, -0.05) is 0 Å². The van der Waals surface area contributed by atoms with Crippen molar-refractivity contribution >= 4 is 5.91 Å². The van der Waals surface area contributed by atoms with Crippen molar-refractivity contribution in [1.29, 1.82) is 5.26 Å². The van der Waals surface area contributed by atoms with E-state index in [0.29, 0.717) is 13.0 Å². The molecule has 0 N–H and O–H groups in total. The van der Waals surface area contributed by atoms with Crippen molar-refractivity contribution in [1.82, 2.24) is 4.90 Å². The quantitative estimate of drug-likeness (QED) is 0.634. The van der Waals surface area contributed by atoms with Crippen LogP contribution in [-0.2, 0) is 9.53 Å². The molecule has 0 aliphatic heterocycles. The first kappa shape index (κ1) is 11.9. The second kappa shape index (κ2) is 6.44. The summed E-state index contributed by atoms with van der Waals surface area (Å²) in [7, 11) is 1.67. The zero-order valence-electron chi connectivity index (χ0n) is 8.41. The van der Waals surface area contributed by atoms with E-state index in [4.69, 9.17) is 10.00 Å². The summed E-state index contributed by atoms with van der Waals surface area (Å²) in [6.07, 6.45) is 0.428. The van der Waals surface area contributed by atoms with Gasteiger partial charge < -0.3 is 9.64 Å². The molecule has 1 amide bonds. The summed E-state index contributed by atoms with van der Waals surface area (Å²) >= 11 is 0. The number of hydrogen-bond acceptors (Lipinski definition) is 3. The number of hydrogen-bond donors (Lipinski definition) is 0. The second-order valence-corrected chi connectivity index (χ2v) is 3.08. The number of likely N-dealkylation sites (N-methyl/N-ethyl adjacent to an activating group) is 1. The summed E-state index contributed by atoms with van der Waals surface area (Å²) in [5.41, 5.74) is 0. The van der Waals surface area contributed by atoms with Gasteiger partial charge in [0.2, 0.25) is 5.91 Å². The molecule has 4 nitrogen and oxygen atoms in total. The van der Waals surface area contributed by atoms with E-state index in [1.54, 1.807) is 7.05 Å². The topological polar surface area (TPSA) is 53.3 Å². The van der Waals surface area contributed by atoms with Gasteiger partial charge in [0, 0.05) is 13.6 Å². The predicted octanol–water partition coefficient (Wildman–Crippen LogP) is 0.783. The van der Waals surface area contributed by atoms with E-state index >= 15 is 0 Å². The van der Waals surface area contributed by atoms with Crippen LogP contribution in [0.5, 0.6) is 0 Å². The molecule has 0 bridgehead atoms. The molecule has 0 fully saturated rings. The highest BCUT2D eigenvalue weighted by atomic mass is 16.5. The molecule has 0 aromatic carbocycles. The lowest BCUT2D eigenvalue weighted by atomic mass is 10.4. The van der Waals surface area contributed by atoms with Crippen LogP contribution >= 0.6 is 0 Å². The van der Waals surface area contributed by atoms with Gasteiger partial charge in [-0.3, -0.25) is 4.79 Å². The number of ether oxygens (including phenoxy) is 1. The molecule has 0 atom stereocenters. The van der Waals surface area contributed by atoms with Gasteiger partial charge in [-0.15, -0.1) is 0 Å². The smallest absolute Gasteiger partial charge is 0.248 e. The highest BCUT2D eigenvalue weighted by Crippen LogP contribution is 1.92. The minimum absolute atomic E-state index is 0.0633. The summed E-state index contributed by atoms with van der Waals surface area (Å²) in [5, 5.41) is 8.30. The molecule has 0 aliphatic carbocycles. The number of nitriles is 1. The fraction of sp³-hybridized carbons (Fsp3) is 0.778. The molecule has 0 saturated heterocycles. The van der Waals surface area contributed by atoms with E-state index in [9.17, 15) is 4.79 Å². The van der Waals surface area contributed by atoms with Gasteiger partial charge in [0.05, 0.1) is 18.6 Å². The molecule has 0 aromatic heterocycles. The summed E-state index contributed by atoms with van der Waals surface area (Å²) in [6, 6.07) is 1.98. The van der Waals surface area contributed by atoms with Crippen LogP contribution in [0.4, 0.5) is 0 Å². The van der Waals surface area contributed by atoms with E-state index in [1.165, 1.54) is 4.90 Å². The van der Waals surface area contributed by atoms with Crippen LogP contribution in [0.25, 0.3) is 0 Å². The van der Waals surface area contributed by atoms with Crippen molar-refractivity contribution in [3.63, 3.8) is 0 Å². The first-order chi connectivity index (χ1) is 6.07. The Bertz CT molecular complexity index is 196. The standard InChI is InChI=1S/C9H16N2O2/c1-8(2)13-7-9(12)11(3)6-4-5-10/h8H,4,6-7H2,1-3H3. The van der Waals surface area contributed by atoms with Gasteiger partial charge in [0.1, 0.15) is 6.61 Å². The molecule has 0 aliphatic rings. The van der Waals surface area contributed by atoms with Crippen molar-refractivity contribution < 1.29 is 9.53 Å². The molecule has 0 heterocycles. The fourth-order valence-corrected chi connectivity index (χ4v) is 0.691. The van der Waals surface area contributed by atoms with Crippen LogP contribution in [0.1, 0.15) is 20.3 Å². The van der Waals surface area contributed by atoms with Crippen LogP contribution in [0.3, 0.4) is 0 Å². The summed E-state index contributed by atoms with van der Waals surface area (Å²) in [4.78, 5) is 12.8. The Morgan fingerprint density at radius 3 is 2.69 bits per heavy atom. The molecule has 0 aromatic rings. The Kier molecular flexibility index (Phi) is 5.90. The maximum absolute atomic E-state index is 11.2. The third kappa shape index (κ3) is 6.12. The van der Waals surface area contributed by atoms with Crippen molar-refractivity contribution in [3.05, 3.63) is 0 Å². The summed E-state index contributed by atoms with van der Waals surface area (Å²) < 4.78 is 5.13. The zero-order valence-corrected chi connectivity index (χ0v) is 8.41. The first-order valence-corrected chi connectivity index (χ1v) is 4.30.